The average molecular weight is 366 g/mol. The third-order valence-corrected chi connectivity index (χ3v) is 4.89. The number of carbonyl (C=O) groups is 1. The Hall–Kier alpha value is -2.91. The molecule has 6 heteroatoms. The fourth-order valence-electron chi connectivity index (χ4n) is 3.41. The molecular formula is C21H23FN4O. The molecule has 5 nitrogen and oxygen atoms in total. The molecule has 2 aromatic carbocycles. The molecule has 1 heterocycles. The largest absolute Gasteiger partial charge is 0.368 e. The van der Waals surface area contributed by atoms with E-state index in [2.05, 4.69) is 11.0 Å². The lowest BCUT2D eigenvalue weighted by molar-refractivity contribution is -0.136. The second-order valence-corrected chi connectivity index (χ2v) is 6.89. The van der Waals surface area contributed by atoms with Gasteiger partial charge < -0.3 is 9.80 Å². The van der Waals surface area contributed by atoms with E-state index in [0.717, 1.165) is 24.3 Å². The van der Waals surface area contributed by atoms with Crippen LogP contribution < -0.4 is 4.90 Å². The first-order chi connectivity index (χ1) is 13.0. The maximum atomic E-state index is 13.2. The summed E-state index contributed by atoms with van der Waals surface area (Å²) in [6.45, 7) is 2.73. The first-order valence-corrected chi connectivity index (χ1v) is 8.95. The fraction of sp³-hybridized carbons (Fsp3) is 0.333. The van der Waals surface area contributed by atoms with Gasteiger partial charge in [-0.2, -0.15) is 5.26 Å². The maximum Gasteiger partial charge on any atom is 0.244 e. The molecule has 0 aliphatic carbocycles. The third-order valence-electron chi connectivity index (χ3n) is 4.89. The van der Waals surface area contributed by atoms with Crippen LogP contribution in [0.5, 0.6) is 0 Å². The van der Waals surface area contributed by atoms with Crippen molar-refractivity contribution >= 4 is 11.6 Å². The Kier molecular flexibility index (Phi) is 5.72. The zero-order valence-electron chi connectivity index (χ0n) is 15.6. The minimum Gasteiger partial charge on any atom is -0.368 e. The minimum absolute atomic E-state index is 0.0334. The van der Waals surface area contributed by atoms with Crippen LogP contribution in [0, 0.1) is 17.1 Å². The number of anilines is 1. The number of halogens is 1. The van der Waals surface area contributed by atoms with Crippen molar-refractivity contribution in [2.24, 2.45) is 0 Å². The van der Waals surface area contributed by atoms with E-state index in [9.17, 15) is 9.18 Å². The number of likely N-dealkylation sites (N-methyl/N-ethyl adjacent to an activating group) is 1. The van der Waals surface area contributed by atoms with E-state index in [0.29, 0.717) is 18.7 Å². The van der Waals surface area contributed by atoms with Crippen LogP contribution in [0.25, 0.3) is 0 Å². The van der Waals surface area contributed by atoms with E-state index >= 15 is 0 Å². The molecule has 0 radical (unpaired) electrons. The van der Waals surface area contributed by atoms with Crippen molar-refractivity contribution in [3.05, 3.63) is 65.5 Å². The van der Waals surface area contributed by atoms with E-state index in [4.69, 9.17) is 5.26 Å². The van der Waals surface area contributed by atoms with Crippen molar-refractivity contribution in [3.63, 3.8) is 0 Å². The Labute approximate surface area is 159 Å². The van der Waals surface area contributed by atoms with E-state index in [-0.39, 0.29) is 11.7 Å². The molecule has 1 amide bonds. The second kappa shape index (κ2) is 8.19. The van der Waals surface area contributed by atoms with Gasteiger partial charge in [0.05, 0.1) is 11.6 Å². The Morgan fingerprint density at radius 1 is 1.04 bits per heavy atom. The molecule has 1 fully saturated rings. The van der Waals surface area contributed by atoms with E-state index in [1.54, 1.807) is 12.1 Å². The molecule has 0 saturated carbocycles. The number of amides is 1. The molecule has 1 aliphatic rings. The summed E-state index contributed by atoms with van der Waals surface area (Å²) in [7, 11) is 3.72. The zero-order valence-corrected chi connectivity index (χ0v) is 15.6. The van der Waals surface area contributed by atoms with Crippen molar-refractivity contribution < 1.29 is 9.18 Å². The van der Waals surface area contributed by atoms with Gasteiger partial charge in [0.1, 0.15) is 11.9 Å². The van der Waals surface area contributed by atoms with Crippen LogP contribution in [0.15, 0.2) is 48.5 Å². The van der Waals surface area contributed by atoms with Crippen molar-refractivity contribution in [1.29, 1.82) is 5.26 Å². The first kappa shape index (κ1) is 18.9. The molecule has 140 valence electrons. The van der Waals surface area contributed by atoms with Gasteiger partial charge in [0.25, 0.3) is 0 Å². The number of hydrogen-bond donors (Lipinski definition) is 0. The Morgan fingerprint density at radius 3 is 2.15 bits per heavy atom. The van der Waals surface area contributed by atoms with Crippen LogP contribution in [0.3, 0.4) is 0 Å². The molecule has 0 spiro atoms. The van der Waals surface area contributed by atoms with Crippen LogP contribution in [-0.4, -0.2) is 56.0 Å². The zero-order chi connectivity index (χ0) is 19.4. The van der Waals surface area contributed by atoms with Crippen molar-refractivity contribution in [2.45, 2.75) is 6.04 Å². The smallest absolute Gasteiger partial charge is 0.244 e. The first-order valence-electron chi connectivity index (χ1n) is 8.95. The quantitative estimate of drug-likeness (QED) is 0.835. The van der Waals surface area contributed by atoms with Gasteiger partial charge in [-0.05, 0) is 56.1 Å². The van der Waals surface area contributed by atoms with Crippen molar-refractivity contribution in [2.75, 3.05) is 45.2 Å². The second-order valence-electron chi connectivity index (χ2n) is 6.89. The SMILES string of the molecule is CN(C)[C@H](C(=O)N1CCN(c2ccc(C#N)cc2)CC1)c1ccc(F)cc1. The van der Waals surface area contributed by atoms with Gasteiger partial charge in [0.2, 0.25) is 5.91 Å². The number of nitriles is 1. The molecule has 27 heavy (non-hydrogen) atoms. The van der Waals surface area contributed by atoms with Crippen LogP contribution >= 0.6 is 0 Å². The van der Waals surface area contributed by atoms with Crippen molar-refractivity contribution in [1.82, 2.24) is 9.80 Å². The Morgan fingerprint density at radius 2 is 1.63 bits per heavy atom. The van der Waals surface area contributed by atoms with Gasteiger partial charge in [-0.1, -0.05) is 12.1 Å². The molecule has 1 atom stereocenters. The van der Waals surface area contributed by atoms with Crippen LogP contribution in [0.2, 0.25) is 0 Å². The normalized spacial score (nSPS) is 15.5. The summed E-state index contributed by atoms with van der Waals surface area (Å²) >= 11 is 0. The number of benzene rings is 2. The summed E-state index contributed by atoms with van der Waals surface area (Å²) in [5.74, 6) is -0.272. The Balaban J connectivity index is 1.67. The highest BCUT2D eigenvalue weighted by Gasteiger charge is 2.30. The van der Waals surface area contributed by atoms with Gasteiger partial charge in [-0.25, -0.2) is 4.39 Å². The van der Waals surface area contributed by atoms with Crippen LogP contribution in [0.1, 0.15) is 17.2 Å². The molecule has 0 bridgehead atoms. The highest BCUT2D eigenvalue weighted by atomic mass is 19.1. The number of nitrogens with zero attached hydrogens (tertiary/aromatic N) is 4. The molecule has 1 saturated heterocycles. The minimum atomic E-state index is -0.424. The van der Waals surface area contributed by atoms with Gasteiger partial charge >= 0.3 is 0 Å². The van der Waals surface area contributed by atoms with Crippen LogP contribution in [0.4, 0.5) is 10.1 Å². The lowest BCUT2D eigenvalue weighted by Gasteiger charge is -2.38. The van der Waals surface area contributed by atoms with Gasteiger partial charge in [0, 0.05) is 31.9 Å². The topological polar surface area (TPSA) is 50.6 Å². The monoisotopic (exact) mass is 366 g/mol. The van der Waals surface area contributed by atoms with Crippen LogP contribution in [-0.2, 0) is 4.79 Å². The lowest BCUT2D eigenvalue weighted by Crippen LogP contribution is -2.51. The summed E-state index contributed by atoms with van der Waals surface area (Å²) in [6.07, 6.45) is 0. The molecule has 0 aromatic heterocycles. The summed E-state index contributed by atoms with van der Waals surface area (Å²) in [6, 6.07) is 15.3. The molecule has 3 rings (SSSR count). The summed E-state index contributed by atoms with van der Waals surface area (Å²) in [5.41, 5.74) is 2.49. The molecular weight excluding hydrogens is 343 g/mol. The predicted molar refractivity (Wildman–Crippen MR) is 103 cm³/mol. The fourth-order valence-corrected chi connectivity index (χ4v) is 3.41. The highest BCUT2D eigenvalue weighted by molar-refractivity contribution is 5.83. The van der Waals surface area contributed by atoms with Gasteiger partial charge in [0.15, 0.2) is 0 Å². The van der Waals surface area contributed by atoms with E-state index < -0.39 is 6.04 Å². The highest BCUT2D eigenvalue weighted by Crippen LogP contribution is 2.23. The maximum absolute atomic E-state index is 13.2. The summed E-state index contributed by atoms with van der Waals surface area (Å²) in [5, 5.41) is 8.91. The average Bonchev–Trinajstić information content (AvgIpc) is 2.69. The molecule has 0 unspecified atom stereocenters. The number of rotatable bonds is 4. The summed E-state index contributed by atoms with van der Waals surface area (Å²) < 4.78 is 13.2. The summed E-state index contributed by atoms with van der Waals surface area (Å²) in [4.78, 5) is 19.0. The standard InChI is InChI=1S/C21H23FN4O/c1-24(2)20(17-5-7-18(22)8-6-17)21(27)26-13-11-25(12-14-26)19-9-3-16(15-23)4-10-19/h3-10,20H,11-14H2,1-2H3/t20-/m0/s1. The van der Waals surface area contributed by atoms with E-state index in [1.165, 1.54) is 12.1 Å². The van der Waals surface area contributed by atoms with Gasteiger partial charge in [-0.15, -0.1) is 0 Å². The van der Waals surface area contributed by atoms with Crippen molar-refractivity contribution in [3.8, 4) is 6.07 Å². The van der Waals surface area contributed by atoms with Gasteiger partial charge in [-0.3, -0.25) is 9.69 Å². The number of hydrogen-bond acceptors (Lipinski definition) is 4. The molecule has 1 aliphatic heterocycles. The molecule has 2 aromatic rings. The number of piperazine rings is 1. The lowest BCUT2D eigenvalue weighted by atomic mass is 10.0. The Bertz CT molecular complexity index is 819. The third kappa shape index (κ3) is 4.26. The predicted octanol–water partition coefficient (Wildman–Crippen LogP) is 2.65. The number of carbonyl (C=O) groups excluding carboxylic acids is 1. The van der Waals surface area contributed by atoms with E-state index in [1.807, 2.05) is 48.2 Å². The molecule has 0 N–H and O–H groups in total.